The highest BCUT2D eigenvalue weighted by Crippen LogP contribution is 2.35. The molecule has 0 spiro atoms. The first-order valence-electron chi connectivity index (χ1n) is 6.85. The molecule has 0 aliphatic carbocycles. The van der Waals surface area contributed by atoms with Crippen LogP contribution in [0, 0.1) is 0 Å². The van der Waals surface area contributed by atoms with Gasteiger partial charge in [0.05, 0.1) is 19.8 Å². The third kappa shape index (κ3) is 59.3. The lowest BCUT2D eigenvalue weighted by Crippen LogP contribution is -2.15. The summed E-state index contributed by atoms with van der Waals surface area (Å²) < 4.78 is 23.0. The zero-order valence-electron chi connectivity index (χ0n) is 14.9. The van der Waals surface area contributed by atoms with Crippen molar-refractivity contribution in [1.82, 2.24) is 18.5 Å². The molecule has 0 saturated carbocycles. The van der Waals surface area contributed by atoms with Crippen LogP contribution in [0.15, 0.2) is 0 Å². The largest absolute Gasteiger partial charge is 0.469 e. The van der Waals surface area contributed by atoms with E-state index in [1.165, 1.54) is 19.3 Å². The van der Waals surface area contributed by atoms with Crippen molar-refractivity contribution in [3.8, 4) is 0 Å². The highest BCUT2D eigenvalue weighted by molar-refractivity contribution is 7.46. The third-order valence-corrected chi connectivity index (χ3v) is 2.70. The predicted octanol–water partition coefficient (Wildman–Crippen LogP) is 1.46. The number of hydrogen-bond acceptors (Lipinski definition) is 9. The van der Waals surface area contributed by atoms with Crippen LogP contribution < -0.4 is 18.5 Å². The van der Waals surface area contributed by atoms with Crippen molar-refractivity contribution in [2.24, 2.45) is 0 Å². The standard InChI is InChI=1S/C8H19O4P.C3H8O3.3H3N.HO2P/c1-2-3-4-5-6-7-8-12-13(9,10)11;4-1-3(6)2-5;;;;1-3-2/h2-8H2,1H3,(H2,9,10,11);3-6H,1-2H2;3*1H3;(H,1,2). The van der Waals surface area contributed by atoms with Gasteiger partial charge in [-0.25, -0.2) is 9.13 Å². The molecule has 0 aliphatic rings. The van der Waals surface area contributed by atoms with E-state index in [9.17, 15) is 4.57 Å². The highest BCUT2D eigenvalue weighted by atomic mass is 31.2. The van der Waals surface area contributed by atoms with Crippen molar-refractivity contribution in [1.29, 1.82) is 0 Å². The van der Waals surface area contributed by atoms with Gasteiger partial charge in [0.15, 0.2) is 0 Å². The molecule has 0 bridgehead atoms. The molecule has 0 aromatic heterocycles. The van der Waals surface area contributed by atoms with Crippen LogP contribution in [0.5, 0.6) is 0 Å². The molecule has 0 unspecified atom stereocenters. The maximum absolute atomic E-state index is 10.2. The highest BCUT2D eigenvalue weighted by Gasteiger charge is 2.12. The minimum absolute atomic E-state index is 0. The lowest BCUT2D eigenvalue weighted by molar-refractivity contribution is 0.0450. The van der Waals surface area contributed by atoms with Gasteiger partial charge < -0.3 is 48.5 Å². The average Bonchev–Trinajstić information content (AvgIpc) is 2.46. The number of phosphoric acid groups is 1. The van der Waals surface area contributed by atoms with E-state index in [1.54, 1.807) is 0 Å². The lowest BCUT2D eigenvalue weighted by atomic mass is 10.1. The molecule has 14 heteroatoms. The van der Waals surface area contributed by atoms with E-state index in [4.69, 9.17) is 34.6 Å². The molecule has 0 aliphatic heterocycles. The number of aliphatic hydroxyl groups excluding tert-OH is 3. The Hall–Kier alpha value is -0.0700. The van der Waals surface area contributed by atoms with Crippen LogP contribution >= 0.6 is 16.5 Å². The van der Waals surface area contributed by atoms with Crippen LogP contribution in [0.1, 0.15) is 45.4 Å². The monoisotopic (exact) mass is 417 g/mol. The summed E-state index contributed by atoms with van der Waals surface area (Å²) in [5.74, 6) is 0. The second-order valence-corrected chi connectivity index (χ2v) is 5.59. The topological polar surface area (TPSA) is 270 Å². The minimum Gasteiger partial charge on any atom is -0.394 e. The Kier molecular flexibility index (Phi) is 50.5. The molecule has 0 fully saturated rings. The Morgan fingerprint density at radius 1 is 0.960 bits per heavy atom. The molecule has 0 rings (SSSR count). The Labute approximate surface area is 150 Å². The normalized spacial score (nSPS) is 9.44. The van der Waals surface area contributed by atoms with Crippen molar-refractivity contribution in [3.63, 3.8) is 0 Å². The number of aliphatic hydroxyl groups is 3. The maximum Gasteiger partial charge on any atom is 0.469 e. The van der Waals surface area contributed by atoms with Gasteiger partial charge in [0, 0.05) is 0 Å². The van der Waals surface area contributed by atoms with Crippen molar-refractivity contribution in [2.75, 3.05) is 19.8 Å². The van der Waals surface area contributed by atoms with E-state index >= 15 is 0 Å². The quantitative estimate of drug-likeness (QED) is 0.180. The first-order chi connectivity index (χ1) is 10.3. The molecule has 0 heterocycles. The maximum atomic E-state index is 10.2. The second-order valence-electron chi connectivity index (χ2n) is 4.19. The first-order valence-corrected chi connectivity index (χ1v) is 9.15. The summed E-state index contributed by atoms with van der Waals surface area (Å²) in [6, 6.07) is 0. The fourth-order valence-corrected chi connectivity index (χ4v) is 1.49. The molecule has 0 atom stereocenters. The molecular weight excluding hydrogens is 380 g/mol. The van der Waals surface area contributed by atoms with Gasteiger partial charge in [-0.1, -0.05) is 39.0 Å². The Bertz CT molecular complexity index is 269. The second kappa shape index (κ2) is 31.7. The van der Waals surface area contributed by atoms with Crippen LogP contribution in [-0.2, 0) is 13.7 Å². The predicted molar refractivity (Wildman–Crippen MR) is 96.4 cm³/mol. The first kappa shape index (κ1) is 39.8. The SMILES string of the molecule is CCCCCCCCOP(=O)(O)O.N.N.N.O=PO.OCC(O)CO. The smallest absolute Gasteiger partial charge is 0.394 e. The molecule has 0 amide bonds. The summed E-state index contributed by atoms with van der Waals surface area (Å²) in [5, 5.41) is 24.0. The molecule has 0 saturated heterocycles. The molecule has 12 nitrogen and oxygen atoms in total. The molecular formula is C11H37N3O9P2. The van der Waals surface area contributed by atoms with E-state index in [-0.39, 0.29) is 38.3 Å². The Morgan fingerprint density at radius 2 is 1.32 bits per heavy atom. The molecule has 15 N–H and O–H groups in total. The van der Waals surface area contributed by atoms with E-state index < -0.39 is 22.6 Å². The molecule has 25 heavy (non-hydrogen) atoms. The molecule has 0 aromatic carbocycles. The Morgan fingerprint density at radius 3 is 1.60 bits per heavy atom. The summed E-state index contributed by atoms with van der Waals surface area (Å²) in [6.45, 7) is 1.58. The van der Waals surface area contributed by atoms with Crippen LogP contribution in [-0.4, -0.2) is 55.9 Å². The van der Waals surface area contributed by atoms with Crippen molar-refractivity contribution < 1.29 is 43.7 Å². The van der Waals surface area contributed by atoms with E-state index in [0.717, 1.165) is 19.3 Å². The summed E-state index contributed by atoms with van der Waals surface area (Å²) in [4.78, 5) is 23.7. The van der Waals surface area contributed by atoms with Crippen LogP contribution in [0.3, 0.4) is 0 Å². The van der Waals surface area contributed by atoms with E-state index in [0.29, 0.717) is 0 Å². The van der Waals surface area contributed by atoms with E-state index in [1.807, 2.05) is 0 Å². The minimum atomic E-state index is -4.23. The average molecular weight is 417 g/mol. The number of hydrogen-bond donors (Lipinski definition) is 9. The zero-order chi connectivity index (χ0) is 17.9. The fraction of sp³-hybridized carbons (Fsp3) is 1.00. The van der Waals surface area contributed by atoms with Gasteiger partial charge in [0.1, 0.15) is 6.10 Å². The van der Waals surface area contributed by atoms with Gasteiger partial charge in [-0.15, -0.1) is 0 Å². The van der Waals surface area contributed by atoms with Crippen LogP contribution in [0.4, 0.5) is 0 Å². The van der Waals surface area contributed by atoms with E-state index in [2.05, 4.69) is 11.4 Å². The van der Waals surface area contributed by atoms with Crippen molar-refractivity contribution in [2.45, 2.75) is 51.6 Å². The molecule has 0 aromatic rings. The van der Waals surface area contributed by atoms with Gasteiger partial charge in [0.2, 0.25) is 0 Å². The van der Waals surface area contributed by atoms with Gasteiger partial charge >= 0.3 is 16.5 Å². The van der Waals surface area contributed by atoms with Crippen molar-refractivity contribution >= 4 is 16.5 Å². The molecule has 160 valence electrons. The summed E-state index contributed by atoms with van der Waals surface area (Å²) in [5.41, 5.74) is 0. The summed E-state index contributed by atoms with van der Waals surface area (Å²) in [6.07, 6.45) is 5.53. The third-order valence-electron chi connectivity index (χ3n) is 2.18. The zero-order valence-corrected chi connectivity index (χ0v) is 16.7. The van der Waals surface area contributed by atoms with Gasteiger partial charge in [-0.3, -0.25) is 4.52 Å². The summed E-state index contributed by atoms with van der Waals surface area (Å²) >= 11 is 0. The summed E-state index contributed by atoms with van der Waals surface area (Å²) in [7, 11) is -5.06. The van der Waals surface area contributed by atoms with Crippen LogP contribution in [0.2, 0.25) is 0 Å². The number of unbranched alkanes of at least 4 members (excludes halogenated alkanes) is 5. The number of rotatable bonds is 10. The number of phosphoric ester groups is 1. The fourth-order valence-electron chi connectivity index (χ4n) is 1.12. The lowest BCUT2D eigenvalue weighted by Gasteiger charge is -2.04. The van der Waals surface area contributed by atoms with Crippen LogP contribution in [0.25, 0.3) is 0 Å². The Balaban J connectivity index is -0.0000000643. The molecule has 0 radical (unpaired) electrons. The van der Waals surface area contributed by atoms with Crippen molar-refractivity contribution in [3.05, 3.63) is 0 Å². The van der Waals surface area contributed by atoms with Gasteiger partial charge in [0.25, 0.3) is 0 Å². The van der Waals surface area contributed by atoms with Gasteiger partial charge in [-0.2, -0.15) is 0 Å². The van der Waals surface area contributed by atoms with Gasteiger partial charge in [-0.05, 0) is 6.42 Å².